The highest BCUT2D eigenvalue weighted by atomic mass is 31.2. The lowest BCUT2D eigenvalue weighted by Crippen LogP contribution is -2.48. The molecule has 0 amide bonds. The van der Waals surface area contributed by atoms with Crippen LogP contribution in [-0.4, -0.2) is 59.9 Å². The first kappa shape index (κ1) is 17.9. The topological polar surface area (TPSA) is 214 Å². The normalized spacial score (nSPS) is 27.2. The fourth-order valence-corrected chi connectivity index (χ4v) is 3.08. The molecule has 0 spiro atoms. The fourth-order valence-electron chi connectivity index (χ4n) is 2.74. The van der Waals surface area contributed by atoms with E-state index in [1.54, 1.807) is 6.92 Å². The first-order chi connectivity index (χ1) is 11.6. The molecule has 0 radical (unpaired) electrons. The van der Waals surface area contributed by atoms with Crippen molar-refractivity contribution < 1.29 is 38.4 Å². The average Bonchev–Trinajstić information content (AvgIpc) is 2.95. The van der Waals surface area contributed by atoms with Crippen LogP contribution >= 0.6 is 7.82 Å². The summed E-state index contributed by atoms with van der Waals surface area (Å²) in [5.74, 6) is 0.486. The lowest BCUT2D eigenvalue weighted by molar-refractivity contribution is -0.750. The Morgan fingerprint density at radius 3 is 2.64 bits per heavy atom. The van der Waals surface area contributed by atoms with Crippen molar-refractivity contribution in [2.24, 2.45) is 0 Å². The van der Waals surface area contributed by atoms with Crippen molar-refractivity contribution in [3.8, 4) is 0 Å². The van der Waals surface area contributed by atoms with Crippen molar-refractivity contribution in [1.82, 2.24) is 15.0 Å². The zero-order chi connectivity index (χ0) is 18.5. The first-order valence-corrected chi connectivity index (χ1v) is 8.66. The summed E-state index contributed by atoms with van der Waals surface area (Å²) in [7, 11) is -4.75. The van der Waals surface area contributed by atoms with Crippen LogP contribution < -0.4 is 16.0 Å². The molecule has 2 aromatic rings. The third-order valence-corrected chi connectivity index (χ3v) is 4.31. The summed E-state index contributed by atoms with van der Waals surface area (Å²) in [6.45, 7) is 1.04. The second-order valence-corrected chi connectivity index (χ2v) is 6.82. The Balaban J connectivity index is 1.95. The Morgan fingerprint density at radius 1 is 1.32 bits per heavy atom. The average molecular weight is 377 g/mol. The van der Waals surface area contributed by atoms with Gasteiger partial charge < -0.3 is 36.2 Å². The van der Waals surface area contributed by atoms with Crippen LogP contribution in [0.2, 0.25) is 0 Å². The van der Waals surface area contributed by atoms with Crippen LogP contribution in [0.3, 0.4) is 0 Å². The van der Waals surface area contributed by atoms with E-state index in [0.29, 0.717) is 11.3 Å². The minimum absolute atomic E-state index is 0.0906. The van der Waals surface area contributed by atoms with Crippen molar-refractivity contribution >= 4 is 30.8 Å². The van der Waals surface area contributed by atoms with Crippen LogP contribution in [-0.2, 0) is 13.8 Å². The van der Waals surface area contributed by atoms with Crippen LogP contribution in [0.25, 0.3) is 11.2 Å². The molecule has 0 aliphatic carbocycles. The SMILES string of the molecule is Cc1[nH]c2c(N)nc(N)nc2[n+]1C1OC(COP(=O)(O)O)C(O)C1O. The molecule has 1 saturated heterocycles. The largest absolute Gasteiger partial charge is 0.469 e. The van der Waals surface area contributed by atoms with Gasteiger partial charge in [-0.05, 0) is 0 Å². The van der Waals surface area contributed by atoms with Crippen LogP contribution in [0, 0.1) is 6.92 Å². The molecular formula is C11H18N6O7P+. The van der Waals surface area contributed by atoms with E-state index < -0.39 is 39.0 Å². The molecular weight excluding hydrogens is 359 g/mol. The summed E-state index contributed by atoms with van der Waals surface area (Å²) in [5, 5.41) is 20.4. The molecule has 0 aromatic carbocycles. The third-order valence-electron chi connectivity index (χ3n) is 3.83. The van der Waals surface area contributed by atoms with Crippen molar-refractivity contribution in [1.29, 1.82) is 0 Å². The number of aliphatic hydroxyl groups is 2. The Kier molecular flexibility index (Phi) is 4.41. The summed E-state index contributed by atoms with van der Waals surface area (Å²) >= 11 is 0. The number of nitrogens with two attached hydrogens (primary N) is 2. The lowest BCUT2D eigenvalue weighted by atomic mass is 10.1. The van der Waals surface area contributed by atoms with Crippen LogP contribution in [0.5, 0.6) is 0 Å². The summed E-state index contributed by atoms with van der Waals surface area (Å²) in [6.07, 6.45) is -5.13. The highest BCUT2D eigenvalue weighted by Crippen LogP contribution is 2.38. The minimum atomic E-state index is -4.75. The molecule has 9 N–H and O–H groups in total. The molecule has 4 unspecified atom stereocenters. The molecule has 4 atom stereocenters. The Bertz CT molecular complexity index is 853. The summed E-state index contributed by atoms with van der Waals surface area (Å²) < 4.78 is 22.1. The molecule has 13 nitrogen and oxygen atoms in total. The van der Waals surface area contributed by atoms with Crippen molar-refractivity contribution in [3.63, 3.8) is 0 Å². The lowest BCUT2D eigenvalue weighted by Gasteiger charge is -2.14. The summed E-state index contributed by atoms with van der Waals surface area (Å²) in [4.78, 5) is 28.3. The molecule has 1 aliphatic rings. The van der Waals surface area contributed by atoms with Crippen molar-refractivity contribution in [3.05, 3.63) is 5.82 Å². The quantitative estimate of drug-likeness (QED) is 0.217. The molecule has 0 bridgehead atoms. The second-order valence-electron chi connectivity index (χ2n) is 5.58. The maximum atomic E-state index is 10.8. The molecule has 2 aromatic heterocycles. The number of phosphoric acid groups is 1. The van der Waals surface area contributed by atoms with Gasteiger partial charge in [-0.15, -0.1) is 0 Å². The number of anilines is 2. The number of hydrogen-bond donors (Lipinski definition) is 7. The zero-order valence-electron chi connectivity index (χ0n) is 13.0. The number of ether oxygens (including phenoxy) is 1. The van der Waals surface area contributed by atoms with Gasteiger partial charge in [-0.1, -0.05) is 4.98 Å². The van der Waals surface area contributed by atoms with E-state index in [-0.39, 0.29) is 17.4 Å². The number of rotatable bonds is 4. The standard InChI is InChI=1S/C11H17N6O7P/c1-3-14-5-8(12)15-11(13)16-9(5)17(3)10-7(19)6(18)4(24-10)2-23-25(20,21)22/h4,6-7,10,18-19H,2H2,1H3,(H6,12,13,15,16,20,21,22)/p+1. The molecule has 1 aliphatic heterocycles. The fraction of sp³-hybridized carbons (Fsp3) is 0.545. The van der Waals surface area contributed by atoms with E-state index in [9.17, 15) is 14.8 Å². The van der Waals surface area contributed by atoms with Gasteiger partial charge in [0.1, 0.15) is 18.3 Å². The molecule has 1 fully saturated rings. The molecule has 138 valence electrons. The third kappa shape index (κ3) is 3.30. The smallest absolute Gasteiger partial charge is 0.387 e. The van der Waals surface area contributed by atoms with Crippen LogP contribution in [0.4, 0.5) is 11.8 Å². The molecule has 3 rings (SSSR count). The van der Waals surface area contributed by atoms with Crippen molar-refractivity contribution in [2.75, 3.05) is 18.1 Å². The maximum Gasteiger partial charge on any atom is 0.469 e. The summed E-state index contributed by atoms with van der Waals surface area (Å²) in [5.41, 5.74) is 12.0. The highest BCUT2D eigenvalue weighted by molar-refractivity contribution is 7.46. The highest BCUT2D eigenvalue weighted by Gasteiger charge is 2.48. The van der Waals surface area contributed by atoms with Gasteiger partial charge in [-0.2, -0.15) is 4.98 Å². The first-order valence-electron chi connectivity index (χ1n) is 7.13. The Hall–Kier alpha value is -1.86. The van der Waals surface area contributed by atoms with E-state index in [4.69, 9.17) is 26.0 Å². The molecule has 0 saturated carbocycles. The number of nitrogen functional groups attached to an aromatic ring is 2. The van der Waals surface area contributed by atoms with Gasteiger partial charge in [0.25, 0.3) is 5.95 Å². The van der Waals surface area contributed by atoms with Gasteiger partial charge in [-0.3, -0.25) is 9.51 Å². The zero-order valence-corrected chi connectivity index (χ0v) is 13.9. The van der Waals surface area contributed by atoms with E-state index in [1.165, 1.54) is 4.57 Å². The molecule has 14 heteroatoms. The van der Waals surface area contributed by atoms with E-state index in [1.807, 2.05) is 0 Å². The van der Waals surface area contributed by atoms with E-state index >= 15 is 0 Å². The van der Waals surface area contributed by atoms with Gasteiger partial charge in [0.15, 0.2) is 5.82 Å². The number of aromatic amines is 1. The number of aliphatic hydroxyl groups excluding tert-OH is 2. The molecule has 3 heterocycles. The number of imidazole rings is 1. The maximum absolute atomic E-state index is 10.8. The number of aromatic nitrogens is 4. The van der Waals surface area contributed by atoms with Gasteiger partial charge in [0.2, 0.25) is 17.6 Å². The van der Waals surface area contributed by atoms with Gasteiger partial charge >= 0.3 is 13.5 Å². The number of nitrogens with zero attached hydrogens (tertiary/aromatic N) is 3. The van der Waals surface area contributed by atoms with Gasteiger partial charge in [0, 0.05) is 6.92 Å². The molecule has 25 heavy (non-hydrogen) atoms. The number of hydrogen-bond acceptors (Lipinski definition) is 9. The number of phosphoric ester groups is 1. The second kappa shape index (κ2) is 6.14. The number of fused-ring (bicyclic) bond motifs is 1. The van der Waals surface area contributed by atoms with Crippen molar-refractivity contribution in [2.45, 2.75) is 31.5 Å². The minimum Gasteiger partial charge on any atom is -0.387 e. The Labute approximate surface area is 140 Å². The number of aryl methyl sites for hydroxylation is 1. The monoisotopic (exact) mass is 377 g/mol. The van der Waals surface area contributed by atoms with Crippen LogP contribution in [0.15, 0.2) is 0 Å². The number of H-pyrrole nitrogens is 1. The van der Waals surface area contributed by atoms with Crippen LogP contribution in [0.1, 0.15) is 12.1 Å². The van der Waals surface area contributed by atoms with E-state index in [2.05, 4.69) is 19.5 Å². The predicted octanol–water partition coefficient (Wildman–Crippen LogP) is -2.55. The predicted molar refractivity (Wildman–Crippen MR) is 81.6 cm³/mol. The Morgan fingerprint density at radius 2 is 2.00 bits per heavy atom. The van der Waals surface area contributed by atoms with Gasteiger partial charge in [-0.25, -0.2) is 9.13 Å². The summed E-state index contributed by atoms with van der Waals surface area (Å²) in [6, 6.07) is 0. The van der Waals surface area contributed by atoms with E-state index in [0.717, 1.165) is 0 Å². The number of nitrogens with one attached hydrogen (secondary N) is 1. The van der Waals surface area contributed by atoms with Gasteiger partial charge in [0.05, 0.1) is 6.61 Å².